The Bertz CT molecular complexity index is 636. The summed E-state index contributed by atoms with van der Waals surface area (Å²) >= 11 is 0. The molecule has 0 aliphatic rings. The predicted molar refractivity (Wildman–Crippen MR) is 112 cm³/mol. The van der Waals surface area contributed by atoms with Crippen molar-refractivity contribution in [2.24, 2.45) is 16.0 Å². The van der Waals surface area contributed by atoms with Gasteiger partial charge in [0.1, 0.15) is 0 Å². The maximum atomic E-state index is 11.4. The highest BCUT2D eigenvalue weighted by Gasteiger charge is 2.08. The Balaban J connectivity index is 0.00000576. The molecule has 1 aromatic carbocycles. The summed E-state index contributed by atoms with van der Waals surface area (Å²) in [5.41, 5.74) is 0.810. The van der Waals surface area contributed by atoms with Gasteiger partial charge in [0.25, 0.3) is 0 Å². The largest absolute Gasteiger partial charge is 0.381 e. The third-order valence-corrected chi connectivity index (χ3v) is 4.03. The minimum atomic E-state index is -3.69. The summed E-state index contributed by atoms with van der Waals surface area (Å²) < 4.78 is 28.2. The maximum absolute atomic E-state index is 11.4. The Labute approximate surface area is 167 Å². The Morgan fingerprint density at radius 2 is 2.04 bits per heavy atom. The summed E-state index contributed by atoms with van der Waals surface area (Å²) in [4.78, 5) is 4.23. The number of nitrogens with zero attached hydrogens (tertiary/aromatic N) is 1. The summed E-state index contributed by atoms with van der Waals surface area (Å²) in [6.45, 7) is 6.91. The van der Waals surface area contributed by atoms with Crippen LogP contribution in [0.4, 0.5) is 0 Å². The van der Waals surface area contributed by atoms with Gasteiger partial charge in [-0.05, 0) is 30.0 Å². The van der Waals surface area contributed by atoms with Crippen LogP contribution in [-0.4, -0.2) is 41.2 Å². The van der Waals surface area contributed by atoms with Gasteiger partial charge >= 0.3 is 0 Å². The molecule has 0 heterocycles. The first kappa shape index (κ1) is 24.1. The molecule has 0 saturated heterocycles. The molecule has 0 aromatic heterocycles. The van der Waals surface area contributed by atoms with Crippen molar-refractivity contribution in [1.82, 2.24) is 10.6 Å². The fourth-order valence-corrected chi connectivity index (χ4v) is 2.52. The first-order valence-electron chi connectivity index (χ1n) is 7.97. The second kappa shape index (κ2) is 12.4. The van der Waals surface area contributed by atoms with E-state index < -0.39 is 10.0 Å². The standard InChI is InChI=1S/C16H28N4O3S.HI/c1-13(2)12-23-9-5-8-19-16(18-3)20-11-14-6-4-7-15(10-14)24(17,21)22;/h4,6-7,10,13H,5,8-9,11-12H2,1-3H3,(H2,17,21,22)(H2,18,19,20);1H. The Hall–Kier alpha value is -0.910. The van der Waals surface area contributed by atoms with E-state index in [1.807, 2.05) is 6.07 Å². The van der Waals surface area contributed by atoms with Gasteiger partial charge in [-0.1, -0.05) is 26.0 Å². The summed E-state index contributed by atoms with van der Waals surface area (Å²) in [6.07, 6.45) is 0.883. The van der Waals surface area contributed by atoms with E-state index >= 15 is 0 Å². The van der Waals surface area contributed by atoms with Crippen molar-refractivity contribution < 1.29 is 13.2 Å². The van der Waals surface area contributed by atoms with Crippen LogP contribution >= 0.6 is 24.0 Å². The van der Waals surface area contributed by atoms with Crippen LogP contribution in [-0.2, 0) is 21.3 Å². The van der Waals surface area contributed by atoms with Crippen LogP contribution in [0.15, 0.2) is 34.2 Å². The number of halogens is 1. The molecule has 1 aromatic rings. The third-order valence-electron chi connectivity index (χ3n) is 3.12. The van der Waals surface area contributed by atoms with Crippen molar-refractivity contribution in [1.29, 1.82) is 0 Å². The van der Waals surface area contributed by atoms with Gasteiger partial charge in [-0.3, -0.25) is 4.99 Å². The highest BCUT2D eigenvalue weighted by atomic mass is 127. The van der Waals surface area contributed by atoms with Crippen LogP contribution in [0.5, 0.6) is 0 Å². The van der Waals surface area contributed by atoms with Crippen molar-refractivity contribution in [3.63, 3.8) is 0 Å². The minimum absolute atomic E-state index is 0. The maximum Gasteiger partial charge on any atom is 0.238 e. The Kier molecular flexibility index (Phi) is 12.0. The van der Waals surface area contributed by atoms with E-state index in [0.717, 1.165) is 25.1 Å². The normalized spacial score (nSPS) is 12.0. The lowest BCUT2D eigenvalue weighted by molar-refractivity contribution is 0.108. The summed E-state index contributed by atoms with van der Waals surface area (Å²) in [7, 11) is -2.00. The van der Waals surface area contributed by atoms with Crippen molar-refractivity contribution in [3.05, 3.63) is 29.8 Å². The van der Waals surface area contributed by atoms with Gasteiger partial charge in [-0.15, -0.1) is 24.0 Å². The zero-order valence-corrected chi connectivity index (χ0v) is 18.1. The van der Waals surface area contributed by atoms with Gasteiger partial charge < -0.3 is 15.4 Å². The van der Waals surface area contributed by atoms with E-state index in [9.17, 15) is 8.42 Å². The molecule has 0 radical (unpaired) electrons. The molecule has 0 aliphatic heterocycles. The van der Waals surface area contributed by atoms with Crippen LogP contribution < -0.4 is 15.8 Å². The molecule has 144 valence electrons. The molecule has 4 N–H and O–H groups in total. The smallest absolute Gasteiger partial charge is 0.238 e. The SMILES string of the molecule is CN=C(NCCCOCC(C)C)NCc1cccc(S(N)(=O)=O)c1.I. The third kappa shape index (κ3) is 10.6. The zero-order valence-electron chi connectivity index (χ0n) is 15.0. The molecule has 9 heteroatoms. The number of aliphatic imine (C=N–C) groups is 1. The van der Waals surface area contributed by atoms with Crippen LogP contribution in [0.25, 0.3) is 0 Å². The van der Waals surface area contributed by atoms with Crippen LogP contribution in [0.3, 0.4) is 0 Å². The molecule has 1 rings (SSSR count). The van der Waals surface area contributed by atoms with Crippen LogP contribution in [0, 0.1) is 5.92 Å². The second-order valence-electron chi connectivity index (χ2n) is 5.87. The molecule has 0 unspecified atom stereocenters. The molecule has 0 aliphatic carbocycles. The number of sulfonamides is 1. The van der Waals surface area contributed by atoms with Crippen molar-refractivity contribution in [3.8, 4) is 0 Å². The van der Waals surface area contributed by atoms with E-state index in [-0.39, 0.29) is 28.9 Å². The lowest BCUT2D eigenvalue weighted by Crippen LogP contribution is -2.37. The summed E-state index contributed by atoms with van der Waals surface area (Å²) in [6, 6.07) is 6.52. The second-order valence-corrected chi connectivity index (χ2v) is 7.43. The fraction of sp³-hybridized carbons (Fsp3) is 0.562. The molecular formula is C16H29IN4O3S. The highest BCUT2D eigenvalue weighted by molar-refractivity contribution is 14.0. The van der Waals surface area contributed by atoms with Gasteiger partial charge in [0.15, 0.2) is 5.96 Å². The number of nitrogens with two attached hydrogens (primary N) is 1. The molecule has 0 saturated carbocycles. The van der Waals surface area contributed by atoms with E-state index in [4.69, 9.17) is 9.88 Å². The first-order chi connectivity index (χ1) is 11.3. The minimum Gasteiger partial charge on any atom is -0.381 e. The number of rotatable bonds is 9. The van der Waals surface area contributed by atoms with E-state index in [0.29, 0.717) is 25.0 Å². The first-order valence-corrected chi connectivity index (χ1v) is 9.51. The van der Waals surface area contributed by atoms with E-state index in [2.05, 4.69) is 29.5 Å². The molecule has 0 amide bonds. The van der Waals surface area contributed by atoms with Crippen LogP contribution in [0.1, 0.15) is 25.8 Å². The molecule has 0 fully saturated rings. The van der Waals surface area contributed by atoms with E-state index in [1.165, 1.54) is 6.07 Å². The average Bonchev–Trinajstić information content (AvgIpc) is 2.52. The zero-order chi connectivity index (χ0) is 18.0. The lowest BCUT2D eigenvalue weighted by atomic mass is 10.2. The molecule has 7 nitrogen and oxygen atoms in total. The number of benzene rings is 1. The number of guanidine groups is 1. The molecular weight excluding hydrogens is 455 g/mol. The van der Waals surface area contributed by atoms with Gasteiger partial charge in [0.05, 0.1) is 4.90 Å². The summed E-state index contributed by atoms with van der Waals surface area (Å²) in [5, 5.41) is 11.5. The molecule has 25 heavy (non-hydrogen) atoms. The van der Waals surface area contributed by atoms with Gasteiger partial charge in [-0.2, -0.15) is 0 Å². The monoisotopic (exact) mass is 484 g/mol. The predicted octanol–water partition coefficient (Wildman–Crippen LogP) is 1.68. The van der Waals surface area contributed by atoms with Gasteiger partial charge in [0, 0.05) is 33.4 Å². The lowest BCUT2D eigenvalue weighted by Gasteiger charge is -2.13. The Morgan fingerprint density at radius 3 is 2.64 bits per heavy atom. The van der Waals surface area contributed by atoms with E-state index in [1.54, 1.807) is 19.2 Å². The highest BCUT2D eigenvalue weighted by Crippen LogP contribution is 2.09. The molecule has 0 bridgehead atoms. The van der Waals surface area contributed by atoms with Gasteiger partial charge in [0.2, 0.25) is 10.0 Å². The Morgan fingerprint density at radius 1 is 1.32 bits per heavy atom. The van der Waals surface area contributed by atoms with Crippen LogP contribution in [0.2, 0.25) is 0 Å². The topological polar surface area (TPSA) is 106 Å². The fourth-order valence-electron chi connectivity index (χ4n) is 1.94. The summed E-state index contributed by atoms with van der Waals surface area (Å²) in [5.74, 6) is 1.19. The van der Waals surface area contributed by atoms with Crippen molar-refractivity contribution in [2.45, 2.75) is 31.7 Å². The quantitative estimate of drug-likeness (QED) is 0.214. The van der Waals surface area contributed by atoms with Crippen molar-refractivity contribution in [2.75, 3.05) is 26.8 Å². The van der Waals surface area contributed by atoms with Gasteiger partial charge in [-0.25, -0.2) is 13.6 Å². The number of nitrogens with one attached hydrogen (secondary N) is 2. The number of primary sulfonamides is 1. The average molecular weight is 484 g/mol. The number of hydrogen-bond donors (Lipinski definition) is 3. The molecule has 0 spiro atoms. The van der Waals surface area contributed by atoms with Crippen molar-refractivity contribution >= 4 is 40.0 Å². The number of ether oxygens (including phenoxy) is 1. The number of hydrogen-bond acceptors (Lipinski definition) is 4. The molecule has 0 atom stereocenters.